The molecule has 1 fully saturated rings. The molecule has 1 heterocycles. The van der Waals surface area contributed by atoms with Crippen molar-refractivity contribution in [2.24, 2.45) is 0 Å². The van der Waals surface area contributed by atoms with Crippen LogP contribution >= 0.6 is 0 Å². The number of nitrogens with zero attached hydrogens (tertiary/aromatic N) is 1. The van der Waals surface area contributed by atoms with E-state index < -0.39 is 15.3 Å². The third kappa shape index (κ3) is 5.43. The van der Waals surface area contributed by atoms with Crippen LogP contribution in [-0.4, -0.2) is 31.9 Å². The molecule has 1 aliphatic rings. The number of hydrogen-bond acceptors (Lipinski definition) is 6. The number of ether oxygens (including phenoxy) is 1. The zero-order chi connectivity index (χ0) is 26.8. The molecule has 1 aliphatic carbocycles. The Bertz CT molecular complexity index is 1520. The Morgan fingerprint density at radius 2 is 1.53 bits per heavy atom. The molecule has 38 heavy (non-hydrogen) atoms. The zero-order valence-electron chi connectivity index (χ0n) is 21.6. The summed E-state index contributed by atoms with van der Waals surface area (Å²) in [4.78, 5) is 12.4. The quantitative estimate of drug-likeness (QED) is 0.232. The highest BCUT2D eigenvalue weighted by Crippen LogP contribution is 2.49. The van der Waals surface area contributed by atoms with Gasteiger partial charge in [0.1, 0.15) is 0 Å². The summed E-state index contributed by atoms with van der Waals surface area (Å²) in [6, 6.07) is 25.3. The van der Waals surface area contributed by atoms with E-state index in [9.17, 15) is 13.2 Å². The van der Waals surface area contributed by atoms with Crippen LogP contribution in [0.2, 0.25) is 0 Å². The number of aryl methyl sites for hydroxylation is 1. The van der Waals surface area contributed by atoms with Crippen LogP contribution in [0.3, 0.4) is 0 Å². The van der Waals surface area contributed by atoms with Gasteiger partial charge in [-0.05, 0) is 55.4 Å². The molecule has 0 N–H and O–H groups in total. The minimum Gasteiger partial charge on any atom is -0.465 e. The van der Waals surface area contributed by atoms with Crippen LogP contribution in [0.1, 0.15) is 42.1 Å². The van der Waals surface area contributed by atoms with Crippen molar-refractivity contribution in [3.05, 3.63) is 101 Å². The molecule has 1 saturated carbocycles. The van der Waals surface area contributed by atoms with Gasteiger partial charge >= 0.3 is 5.97 Å². The molecule has 5 rings (SSSR count). The van der Waals surface area contributed by atoms with Crippen molar-refractivity contribution < 1.29 is 22.5 Å². The maximum absolute atomic E-state index is 12.7. The molecule has 0 radical (unpaired) electrons. The van der Waals surface area contributed by atoms with Crippen molar-refractivity contribution in [1.29, 1.82) is 0 Å². The summed E-state index contributed by atoms with van der Waals surface area (Å²) < 4.78 is 36.4. The Morgan fingerprint density at radius 1 is 0.921 bits per heavy atom. The fourth-order valence-electron chi connectivity index (χ4n) is 4.87. The normalized spacial score (nSPS) is 14.3. The number of carbonyl (C=O) groups is 1. The summed E-state index contributed by atoms with van der Waals surface area (Å²) in [6.45, 7) is 4.06. The Kier molecular flexibility index (Phi) is 7.21. The molecule has 0 aliphatic heterocycles. The van der Waals surface area contributed by atoms with Gasteiger partial charge in [-0.3, -0.25) is 4.79 Å². The highest BCUT2D eigenvalue weighted by molar-refractivity contribution is 7.90. The predicted octanol–water partition coefficient (Wildman–Crippen LogP) is 6.07. The SMILES string of the molecule is CCOC(=O)C1(c2ccc(-c3ccc(-c4onc(C)c4CCS(=O)(=O)Cc4ccccc4)cc3)cc2)CC1. The summed E-state index contributed by atoms with van der Waals surface area (Å²) in [6.07, 6.45) is 1.99. The van der Waals surface area contributed by atoms with Crippen LogP contribution in [0, 0.1) is 6.92 Å². The van der Waals surface area contributed by atoms with Crippen molar-refractivity contribution in [2.75, 3.05) is 12.4 Å². The van der Waals surface area contributed by atoms with Gasteiger partial charge in [0.15, 0.2) is 15.6 Å². The number of rotatable bonds is 10. The highest BCUT2D eigenvalue weighted by Gasteiger charge is 2.52. The van der Waals surface area contributed by atoms with E-state index in [0.717, 1.165) is 46.2 Å². The minimum absolute atomic E-state index is 0.0158. The first-order valence-electron chi connectivity index (χ1n) is 12.9. The maximum Gasteiger partial charge on any atom is 0.316 e. The minimum atomic E-state index is -3.29. The van der Waals surface area contributed by atoms with Gasteiger partial charge in [-0.15, -0.1) is 0 Å². The average molecular weight is 530 g/mol. The molecule has 0 atom stereocenters. The van der Waals surface area contributed by atoms with E-state index >= 15 is 0 Å². The van der Waals surface area contributed by atoms with Crippen molar-refractivity contribution in [3.8, 4) is 22.5 Å². The summed E-state index contributed by atoms with van der Waals surface area (Å²) in [5.41, 5.74) is 5.74. The molecule has 196 valence electrons. The van der Waals surface area contributed by atoms with E-state index in [2.05, 4.69) is 5.16 Å². The topological polar surface area (TPSA) is 86.5 Å². The van der Waals surface area contributed by atoms with Crippen molar-refractivity contribution in [1.82, 2.24) is 5.16 Å². The number of benzene rings is 3. The third-order valence-electron chi connectivity index (χ3n) is 7.21. The first-order valence-corrected chi connectivity index (χ1v) is 14.7. The first-order chi connectivity index (χ1) is 18.3. The van der Waals surface area contributed by atoms with Crippen LogP contribution in [0.5, 0.6) is 0 Å². The van der Waals surface area contributed by atoms with Crippen molar-refractivity contribution in [2.45, 2.75) is 44.3 Å². The van der Waals surface area contributed by atoms with Gasteiger partial charge in [-0.25, -0.2) is 8.42 Å². The predicted molar refractivity (Wildman–Crippen MR) is 147 cm³/mol. The largest absolute Gasteiger partial charge is 0.465 e. The van der Waals surface area contributed by atoms with Gasteiger partial charge in [-0.2, -0.15) is 0 Å². The molecule has 4 aromatic rings. The molecule has 1 aromatic heterocycles. The average Bonchev–Trinajstić information content (AvgIpc) is 3.65. The van der Waals surface area contributed by atoms with E-state index in [0.29, 0.717) is 24.5 Å². The molecule has 7 heteroatoms. The van der Waals surface area contributed by atoms with Gasteiger partial charge in [0.05, 0.1) is 29.2 Å². The van der Waals surface area contributed by atoms with Crippen LogP contribution < -0.4 is 0 Å². The summed E-state index contributed by atoms with van der Waals surface area (Å²) in [5.74, 6) is 0.504. The van der Waals surface area contributed by atoms with Gasteiger partial charge in [0.25, 0.3) is 0 Å². The fourth-order valence-corrected chi connectivity index (χ4v) is 6.23. The molecule has 0 amide bonds. The second-order valence-corrected chi connectivity index (χ2v) is 12.0. The summed E-state index contributed by atoms with van der Waals surface area (Å²) in [5, 5.41) is 4.12. The molecular formula is C31H31NO5S. The molecule has 3 aromatic carbocycles. The smallest absolute Gasteiger partial charge is 0.316 e. The maximum atomic E-state index is 12.7. The third-order valence-corrected chi connectivity index (χ3v) is 8.81. The van der Waals surface area contributed by atoms with E-state index in [4.69, 9.17) is 9.26 Å². The van der Waals surface area contributed by atoms with Gasteiger partial charge in [0.2, 0.25) is 0 Å². The zero-order valence-corrected chi connectivity index (χ0v) is 22.5. The van der Waals surface area contributed by atoms with Crippen molar-refractivity contribution >= 4 is 15.8 Å². The summed E-state index contributed by atoms with van der Waals surface area (Å²) in [7, 11) is -3.29. The number of aromatic nitrogens is 1. The number of carbonyl (C=O) groups excluding carboxylic acids is 1. The number of esters is 1. The van der Waals surface area contributed by atoms with Crippen LogP contribution in [0.15, 0.2) is 83.4 Å². The van der Waals surface area contributed by atoms with Crippen LogP contribution in [0.4, 0.5) is 0 Å². The van der Waals surface area contributed by atoms with E-state index in [1.807, 2.05) is 92.7 Å². The monoisotopic (exact) mass is 529 g/mol. The number of hydrogen-bond donors (Lipinski definition) is 0. The molecule has 0 spiro atoms. The van der Waals surface area contributed by atoms with E-state index in [-0.39, 0.29) is 17.5 Å². The van der Waals surface area contributed by atoms with Gasteiger partial charge in [-0.1, -0.05) is 84.0 Å². The standard InChI is InChI=1S/C31H31NO5S/c1-3-36-30(33)31(18-19-31)27-15-13-25(14-16-27)24-9-11-26(12-10-24)29-28(22(2)32-37-29)17-20-38(34,35)21-23-7-5-4-6-8-23/h4-16H,3,17-21H2,1-2H3. The lowest BCUT2D eigenvalue weighted by molar-refractivity contribution is -0.146. The Balaban J connectivity index is 1.29. The van der Waals surface area contributed by atoms with Crippen LogP contribution in [0.25, 0.3) is 22.5 Å². The second kappa shape index (κ2) is 10.6. The molecule has 0 unspecified atom stereocenters. The molecule has 0 bridgehead atoms. The Hall–Kier alpha value is -3.71. The Morgan fingerprint density at radius 3 is 2.13 bits per heavy atom. The Labute approximate surface area is 223 Å². The van der Waals surface area contributed by atoms with Crippen molar-refractivity contribution in [3.63, 3.8) is 0 Å². The van der Waals surface area contributed by atoms with Crippen LogP contribution in [-0.2, 0) is 37.0 Å². The highest BCUT2D eigenvalue weighted by atomic mass is 32.2. The lowest BCUT2D eigenvalue weighted by Gasteiger charge is -2.14. The summed E-state index contributed by atoms with van der Waals surface area (Å²) >= 11 is 0. The molecule has 6 nitrogen and oxygen atoms in total. The molecular weight excluding hydrogens is 498 g/mol. The second-order valence-electron chi connectivity index (χ2n) is 9.86. The lowest BCUT2D eigenvalue weighted by Crippen LogP contribution is -2.23. The first kappa shape index (κ1) is 25.9. The fraction of sp³-hybridized carbons (Fsp3) is 0.290. The van der Waals surface area contributed by atoms with E-state index in [1.165, 1.54) is 0 Å². The van der Waals surface area contributed by atoms with Gasteiger partial charge in [0, 0.05) is 11.1 Å². The van der Waals surface area contributed by atoms with E-state index in [1.54, 1.807) is 0 Å². The number of sulfone groups is 1. The van der Waals surface area contributed by atoms with Gasteiger partial charge < -0.3 is 9.26 Å². The molecule has 0 saturated heterocycles. The lowest BCUT2D eigenvalue weighted by atomic mass is 9.93.